The Bertz CT molecular complexity index is 574. The highest BCUT2D eigenvalue weighted by atomic mass is 19.1. The van der Waals surface area contributed by atoms with Gasteiger partial charge in [0.15, 0.2) is 0 Å². The number of nitrogens with one attached hydrogen (secondary N) is 1. The van der Waals surface area contributed by atoms with Gasteiger partial charge in [-0.2, -0.15) is 4.39 Å². The molecule has 0 aliphatic carbocycles. The number of halogens is 1. The Labute approximate surface area is 103 Å². The van der Waals surface area contributed by atoms with Crippen molar-refractivity contribution in [1.29, 1.82) is 0 Å². The summed E-state index contributed by atoms with van der Waals surface area (Å²) in [6.45, 7) is 2.04. The van der Waals surface area contributed by atoms with Gasteiger partial charge in [-0.05, 0) is 19.1 Å². The molecule has 2 aromatic rings. The fraction of sp³-hybridized carbons (Fsp3) is 0.167. The quantitative estimate of drug-likeness (QED) is 0.827. The lowest BCUT2D eigenvalue weighted by atomic mass is 10.2. The van der Waals surface area contributed by atoms with Crippen molar-refractivity contribution in [2.24, 2.45) is 0 Å². The lowest BCUT2D eigenvalue weighted by Gasteiger charge is -2.05. The maximum Gasteiger partial charge on any atom is 0.251 e. The van der Waals surface area contributed by atoms with E-state index < -0.39 is 5.95 Å². The molecular weight excluding hydrogens is 235 g/mol. The van der Waals surface area contributed by atoms with E-state index in [0.29, 0.717) is 11.5 Å². The smallest absolute Gasteiger partial charge is 0.251 e. The van der Waals surface area contributed by atoms with Gasteiger partial charge >= 0.3 is 0 Å². The summed E-state index contributed by atoms with van der Waals surface area (Å²) in [6.07, 6.45) is 2.87. The molecule has 2 rings (SSSR count). The third kappa shape index (κ3) is 3.07. The minimum Gasteiger partial charge on any atom is -0.346 e. The third-order valence-electron chi connectivity index (χ3n) is 2.25. The number of pyridine rings is 1. The van der Waals surface area contributed by atoms with Crippen LogP contribution < -0.4 is 5.32 Å². The number of carbonyl (C=O) groups excluding carboxylic acids is 1. The molecule has 0 radical (unpaired) electrons. The van der Waals surface area contributed by atoms with Crippen LogP contribution in [-0.4, -0.2) is 20.9 Å². The number of hydrogen-bond acceptors (Lipinski definition) is 4. The van der Waals surface area contributed by atoms with Crippen LogP contribution in [0.1, 0.15) is 21.9 Å². The Balaban J connectivity index is 2.00. The van der Waals surface area contributed by atoms with Crippen LogP contribution in [0.15, 0.2) is 30.6 Å². The van der Waals surface area contributed by atoms with Gasteiger partial charge in [0.05, 0.1) is 12.2 Å². The van der Waals surface area contributed by atoms with Crippen LogP contribution in [0.25, 0.3) is 0 Å². The van der Waals surface area contributed by atoms with E-state index in [0.717, 1.165) is 6.07 Å². The minimum absolute atomic E-state index is 0.230. The Morgan fingerprint density at radius 3 is 2.83 bits per heavy atom. The van der Waals surface area contributed by atoms with E-state index >= 15 is 0 Å². The number of carbonyl (C=O) groups is 1. The molecule has 0 aromatic carbocycles. The summed E-state index contributed by atoms with van der Waals surface area (Å²) in [5.74, 6) is -0.412. The molecule has 0 saturated carbocycles. The molecule has 1 amide bonds. The van der Waals surface area contributed by atoms with Crippen molar-refractivity contribution in [3.05, 3.63) is 53.6 Å². The van der Waals surface area contributed by atoms with E-state index in [1.165, 1.54) is 12.3 Å². The van der Waals surface area contributed by atoms with Gasteiger partial charge in [0.2, 0.25) is 5.95 Å². The maximum atomic E-state index is 12.8. The highest BCUT2D eigenvalue weighted by molar-refractivity contribution is 5.93. The standard InChI is InChI=1S/C12H11FN4O/c1-8-14-5-3-10(17-8)7-16-12(18)9-2-4-15-11(13)6-9/h2-6H,7H2,1H3,(H,16,18). The molecule has 0 saturated heterocycles. The minimum atomic E-state index is -0.680. The van der Waals surface area contributed by atoms with Crippen LogP contribution in [0.5, 0.6) is 0 Å². The first-order chi connectivity index (χ1) is 8.65. The number of rotatable bonds is 3. The molecule has 2 aromatic heterocycles. The summed E-state index contributed by atoms with van der Waals surface area (Å²) >= 11 is 0. The second-order valence-electron chi connectivity index (χ2n) is 3.65. The number of aromatic nitrogens is 3. The van der Waals surface area contributed by atoms with Crippen molar-refractivity contribution in [2.75, 3.05) is 0 Å². The lowest BCUT2D eigenvalue weighted by Crippen LogP contribution is -2.23. The number of aryl methyl sites for hydroxylation is 1. The summed E-state index contributed by atoms with van der Waals surface area (Å²) in [5, 5.41) is 2.65. The van der Waals surface area contributed by atoms with Crippen LogP contribution >= 0.6 is 0 Å². The maximum absolute atomic E-state index is 12.8. The van der Waals surface area contributed by atoms with E-state index in [4.69, 9.17) is 0 Å². The van der Waals surface area contributed by atoms with Gasteiger partial charge < -0.3 is 5.32 Å². The van der Waals surface area contributed by atoms with Crippen LogP contribution in [0.3, 0.4) is 0 Å². The van der Waals surface area contributed by atoms with Crippen molar-refractivity contribution in [3.63, 3.8) is 0 Å². The van der Waals surface area contributed by atoms with E-state index in [2.05, 4.69) is 20.3 Å². The van der Waals surface area contributed by atoms with Crippen molar-refractivity contribution in [3.8, 4) is 0 Å². The van der Waals surface area contributed by atoms with E-state index in [9.17, 15) is 9.18 Å². The fourth-order valence-electron chi connectivity index (χ4n) is 1.42. The average molecular weight is 246 g/mol. The first-order valence-corrected chi connectivity index (χ1v) is 5.33. The molecule has 92 valence electrons. The summed E-state index contributed by atoms with van der Waals surface area (Å²) in [6, 6.07) is 4.24. The molecule has 0 bridgehead atoms. The summed E-state index contributed by atoms with van der Waals surface area (Å²) in [5.41, 5.74) is 0.929. The van der Waals surface area contributed by atoms with Gasteiger partial charge in [0, 0.05) is 24.0 Å². The number of hydrogen-bond donors (Lipinski definition) is 1. The van der Waals surface area contributed by atoms with Crippen molar-refractivity contribution in [2.45, 2.75) is 13.5 Å². The molecule has 5 nitrogen and oxygen atoms in total. The topological polar surface area (TPSA) is 67.8 Å². The van der Waals surface area contributed by atoms with Gasteiger partial charge in [-0.1, -0.05) is 0 Å². The monoisotopic (exact) mass is 246 g/mol. The molecule has 0 fully saturated rings. The van der Waals surface area contributed by atoms with Gasteiger partial charge in [-0.15, -0.1) is 0 Å². The van der Waals surface area contributed by atoms with E-state index in [1.54, 1.807) is 19.2 Å². The Morgan fingerprint density at radius 2 is 2.11 bits per heavy atom. The summed E-state index contributed by atoms with van der Waals surface area (Å²) in [4.78, 5) is 23.2. The van der Waals surface area contributed by atoms with E-state index in [1.807, 2.05) is 0 Å². The molecule has 0 atom stereocenters. The second kappa shape index (κ2) is 5.31. The molecule has 0 aliphatic rings. The first kappa shape index (κ1) is 12.1. The highest BCUT2D eigenvalue weighted by Gasteiger charge is 2.07. The van der Waals surface area contributed by atoms with Gasteiger partial charge in [0.25, 0.3) is 5.91 Å². The van der Waals surface area contributed by atoms with Crippen LogP contribution in [-0.2, 0) is 6.54 Å². The molecule has 18 heavy (non-hydrogen) atoms. The SMILES string of the molecule is Cc1nccc(CNC(=O)c2ccnc(F)c2)n1. The zero-order chi connectivity index (χ0) is 13.0. The van der Waals surface area contributed by atoms with E-state index in [-0.39, 0.29) is 18.0 Å². The predicted octanol–water partition coefficient (Wildman–Crippen LogP) is 1.25. The summed E-state index contributed by atoms with van der Waals surface area (Å²) in [7, 11) is 0. The Hall–Kier alpha value is -2.37. The number of amides is 1. The first-order valence-electron chi connectivity index (χ1n) is 5.33. The zero-order valence-electron chi connectivity index (χ0n) is 9.72. The van der Waals surface area contributed by atoms with Crippen molar-refractivity contribution >= 4 is 5.91 Å². The fourth-order valence-corrected chi connectivity index (χ4v) is 1.42. The second-order valence-corrected chi connectivity index (χ2v) is 3.65. The van der Waals surface area contributed by atoms with Gasteiger partial charge in [-0.25, -0.2) is 15.0 Å². The molecule has 1 N–H and O–H groups in total. The molecule has 0 spiro atoms. The largest absolute Gasteiger partial charge is 0.346 e. The van der Waals surface area contributed by atoms with Crippen LogP contribution in [0.4, 0.5) is 4.39 Å². The van der Waals surface area contributed by atoms with Crippen molar-refractivity contribution in [1.82, 2.24) is 20.3 Å². The van der Waals surface area contributed by atoms with Crippen LogP contribution in [0.2, 0.25) is 0 Å². The predicted molar refractivity (Wildman–Crippen MR) is 62.1 cm³/mol. The molecule has 6 heteroatoms. The van der Waals surface area contributed by atoms with Crippen molar-refractivity contribution < 1.29 is 9.18 Å². The number of nitrogens with zero attached hydrogens (tertiary/aromatic N) is 3. The summed E-state index contributed by atoms with van der Waals surface area (Å²) < 4.78 is 12.8. The van der Waals surface area contributed by atoms with Gasteiger partial charge in [-0.3, -0.25) is 4.79 Å². The zero-order valence-corrected chi connectivity index (χ0v) is 9.72. The molecule has 0 unspecified atom stereocenters. The molecular formula is C12H11FN4O. The Kier molecular flexibility index (Phi) is 3.57. The lowest BCUT2D eigenvalue weighted by molar-refractivity contribution is 0.0949. The van der Waals surface area contributed by atoms with Gasteiger partial charge in [0.1, 0.15) is 5.82 Å². The molecule has 2 heterocycles. The third-order valence-corrected chi connectivity index (χ3v) is 2.25. The normalized spacial score (nSPS) is 10.1. The average Bonchev–Trinajstić information content (AvgIpc) is 2.36. The highest BCUT2D eigenvalue weighted by Crippen LogP contribution is 2.01. The molecule has 0 aliphatic heterocycles. The Morgan fingerprint density at radius 1 is 1.33 bits per heavy atom. The van der Waals surface area contributed by atoms with Crippen LogP contribution in [0, 0.1) is 12.9 Å².